The van der Waals surface area contributed by atoms with Crippen molar-refractivity contribution in [3.63, 3.8) is 0 Å². The Morgan fingerprint density at radius 3 is 2.14 bits per heavy atom. The van der Waals surface area contributed by atoms with Crippen molar-refractivity contribution in [2.75, 3.05) is 0 Å². The van der Waals surface area contributed by atoms with E-state index in [-0.39, 0.29) is 5.92 Å². The minimum atomic E-state index is -0.763. The van der Waals surface area contributed by atoms with Gasteiger partial charge in [0.25, 0.3) is 0 Å². The van der Waals surface area contributed by atoms with Crippen LogP contribution in [0.15, 0.2) is 12.1 Å². The lowest BCUT2D eigenvalue weighted by Crippen LogP contribution is -2.31. The lowest BCUT2D eigenvalue weighted by Gasteiger charge is -2.38. The Labute approximate surface area is 126 Å². The maximum Gasteiger partial charge on any atom is 0.163 e. The predicted octanol–water partition coefficient (Wildman–Crippen LogP) is 5.13. The number of aryl methyl sites for hydroxylation is 1. The van der Waals surface area contributed by atoms with Crippen LogP contribution in [-0.2, 0) is 0 Å². The topological polar surface area (TPSA) is 26.0 Å². The van der Waals surface area contributed by atoms with E-state index >= 15 is 0 Å². The highest BCUT2D eigenvalue weighted by molar-refractivity contribution is 5.28. The van der Waals surface area contributed by atoms with Gasteiger partial charge in [-0.1, -0.05) is 32.9 Å². The largest absolute Gasteiger partial charge is 0.324 e. The third kappa shape index (κ3) is 3.45. The fraction of sp³-hybridized carbons (Fsp3) is 0.667. The summed E-state index contributed by atoms with van der Waals surface area (Å²) in [6.45, 7) is 8.38. The van der Waals surface area contributed by atoms with Crippen molar-refractivity contribution in [1.29, 1.82) is 0 Å². The third-order valence-corrected chi connectivity index (χ3v) is 5.17. The number of hydrogen-bond acceptors (Lipinski definition) is 1. The summed E-state index contributed by atoms with van der Waals surface area (Å²) < 4.78 is 27.8. The summed E-state index contributed by atoms with van der Waals surface area (Å²) in [6.07, 6.45) is 4.24. The fourth-order valence-corrected chi connectivity index (χ4v) is 3.52. The molecule has 1 aromatic rings. The van der Waals surface area contributed by atoms with Gasteiger partial charge in [0.05, 0.1) is 0 Å². The smallest absolute Gasteiger partial charge is 0.163 e. The summed E-state index contributed by atoms with van der Waals surface area (Å²) in [5.41, 5.74) is 7.22. The van der Waals surface area contributed by atoms with E-state index in [1.807, 2.05) is 0 Å². The molecule has 0 amide bonds. The van der Waals surface area contributed by atoms with Crippen LogP contribution in [0.25, 0.3) is 0 Å². The molecule has 1 unspecified atom stereocenters. The maximum absolute atomic E-state index is 14.1. The van der Waals surface area contributed by atoms with Crippen molar-refractivity contribution in [2.45, 2.75) is 59.4 Å². The number of benzene rings is 1. The Hall–Kier alpha value is -0.960. The fourth-order valence-electron chi connectivity index (χ4n) is 3.52. The zero-order valence-electron chi connectivity index (χ0n) is 13.5. The summed E-state index contributed by atoms with van der Waals surface area (Å²) in [5, 5.41) is 0. The molecule has 0 bridgehead atoms. The van der Waals surface area contributed by atoms with Gasteiger partial charge in [-0.15, -0.1) is 0 Å². The molecule has 0 aliphatic heterocycles. The first kappa shape index (κ1) is 16.4. The van der Waals surface area contributed by atoms with Gasteiger partial charge in [-0.05, 0) is 55.4 Å². The first-order valence-electron chi connectivity index (χ1n) is 7.92. The van der Waals surface area contributed by atoms with E-state index in [0.717, 1.165) is 25.7 Å². The van der Waals surface area contributed by atoms with Crippen LogP contribution in [0.1, 0.15) is 63.6 Å². The van der Waals surface area contributed by atoms with Gasteiger partial charge in [-0.2, -0.15) is 0 Å². The number of hydrogen-bond donors (Lipinski definition) is 1. The van der Waals surface area contributed by atoms with E-state index in [9.17, 15) is 8.78 Å². The molecule has 0 radical (unpaired) electrons. The summed E-state index contributed by atoms with van der Waals surface area (Å²) in [4.78, 5) is 0. The van der Waals surface area contributed by atoms with Gasteiger partial charge in [0.2, 0.25) is 0 Å². The molecule has 1 aliphatic carbocycles. The molecular formula is C18H27F2N. The van der Waals surface area contributed by atoms with E-state index in [4.69, 9.17) is 5.73 Å². The van der Waals surface area contributed by atoms with Crippen molar-refractivity contribution in [2.24, 2.45) is 23.0 Å². The Bertz CT molecular complexity index is 497. The van der Waals surface area contributed by atoms with Crippen LogP contribution in [-0.4, -0.2) is 0 Å². The van der Waals surface area contributed by atoms with Gasteiger partial charge in [0.1, 0.15) is 0 Å². The average Bonchev–Trinajstić information content (AvgIpc) is 2.43. The number of nitrogens with two attached hydrogens (primary N) is 1. The molecule has 0 saturated heterocycles. The maximum atomic E-state index is 14.1. The molecule has 118 valence electrons. The van der Waals surface area contributed by atoms with Crippen LogP contribution in [0.5, 0.6) is 0 Å². The standard InChI is InChI=1S/C18H27F2N/c1-11-5-10-14(16(20)15(11)19)17(21)12-6-8-13(9-7-12)18(2,3)4/h5,10,12-13,17H,6-9,21H2,1-4H3. The summed E-state index contributed by atoms with van der Waals surface area (Å²) in [6, 6.07) is 2.86. The van der Waals surface area contributed by atoms with Crippen LogP contribution in [0.2, 0.25) is 0 Å². The van der Waals surface area contributed by atoms with Crippen molar-refractivity contribution in [3.8, 4) is 0 Å². The van der Waals surface area contributed by atoms with E-state index in [1.165, 1.54) is 0 Å². The first-order valence-corrected chi connectivity index (χ1v) is 7.92. The second-order valence-electron chi connectivity index (χ2n) is 7.60. The van der Waals surface area contributed by atoms with E-state index in [0.29, 0.717) is 22.5 Å². The summed E-state index contributed by atoms with van der Waals surface area (Å²) in [7, 11) is 0. The molecule has 0 aromatic heterocycles. The van der Waals surface area contributed by atoms with E-state index in [2.05, 4.69) is 20.8 Å². The Morgan fingerprint density at radius 2 is 1.62 bits per heavy atom. The molecule has 0 heterocycles. The highest BCUT2D eigenvalue weighted by Gasteiger charge is 2.33. The lowest BCUT2D eigenvalue weighted by atomic mass is 9.68. The van der Waals surface area contributed by atoms with Crippen LogP contribution < -0.4 is 5.73 Å². The number of rotatable bonds is 2. The quantitative estimate of drug-likeness (QED) is 0.804. The molecular weight excluding hydrogens is 268 g/mol. The SMILES string of the molecule is Cc1ccc(C(N)C2CCC(C(C)(C)C)CC2)c(F)c1F. The van der Waals surface area contributed by atoms with Gasteiger partial charge in [0.15, 0.2) is 11.6 Å². The Kier molecular flexibility index (Phi) is 4.72. The Balaban J connectivity index is 2.09. The monoisotopic (exact) mass is 295 g/mol. The minimum Gasteiger partial charge on any atom is -0.324 e. The Morgan fingerprint density at radius 1 is 1.05 bits per heavy atom. The molecule has 2 rings (SSSR count). The third-order valence-electron chi connectivity index (χ3n) is 5.17. The summed E-state index contributed by atoms with van der Waals surface area (Å²) in [5.74, 6) is -0.576. The molecule has 2 N–H and O–H groups in total. The van der Waals surface area contributed by atoms with Gasteiger partial charge >= 0.3 is 0 Å². The minimum absolute atomic E-state index is 0.250. The lowest BCUT2D eigenvalue weighted by molar-refractivity contribution is 0.139. The van der Waals surface area contributed by atoms with Crippen molar-refractivity contribution >= 4 is 0 Å². The normalized spacial score (nSPS) is 24.9. The molecule has 1 fully saturated rings. The van der Waals surface area contributed by atoms with Gasteiger partial charge in [-0.25, -0.2) is 8.78 Å². The molecule has 0 spiro atoms. The highest BCUT2D eigenvalue weighted by Crippen LogP contribution is 2.43. The zero-order valence-corrected chi connectivity index (χ0v) is 13.5. The van der Waals surface area contributed by atoms with Crippen molar-refractivity contribution < 1.29 is 8.78 Å². The first-order chi connectivity index (χ1) is 9.71. The molecule has 1 atom stereocenters. The van der Waals surface area contributed by atoms with Crippen LogP contribution >= 0.6 is 0 Å². The van der Waals surface area contributed by atoms with Crippen molar-refractivity contribution in [1.82, 2.24) is 0 Å². The molecule has 1 aliphatic rings. The van der Waals surface area contributed by atoms with E-state index < -0.39 is 17.7 Å². The van der Waals surface area contributed by atoms with Crippen molar-refractivity contribution in [3.05, 3.63) is 34.9 Å². The number of halogens is 2. The highest BCUT2D eigenvalue weighted by atomic mass is 19.2. The van der Waals surface area contributed by atoms with Gasteiger partial charge < -0.3 is 5.73 Å². The molecule has 1 aromatic carbocycles. The van der Waals surface area contributed by atoms with Crippen LogP contribution in [0.3, 0.4) is 0 Å². The molecule has 3 heteroatoms. The second-order valence-corrected chi connectivity index (χ2v) is 7.60. The second kappa shape index (κ2) is 6.04. The van der Waals surface area contributed by atoms with Crippen LogP contribution in [0.4, 0.5) is 8.78 Å². The molecule has 1 saturated carbocycles. The van der Waals surface area contributed by atoms with Crippen LogP contribution in [0, 0.1) is 35.8 Å². The van der Waals surface area contributed by atoms with Gasteiger partial charge in [0, 0.05) is 11.6 Å². The molecule has 1 nitrogen and oxygen atoms in total. The summed E-state index contributed by atoms with van der Waals surface area (Å²) >= 11 is 0. The molecule has 21 heavy (non-hydrogen) atoms. The van der Waals surface area contributed by atoms with E-state index in [1.54, 1.807) is 19.1 Å². The van der Waals surface area contributed by atoms with Gasteiger partial charge in [-0.3, -0.25) is 0 Å². The zero-order chi connectivity index (χ0) is 15.8. The average molecular weight is 295 g/mol. The predicted molar refractivity (Wildman–Crippen MR) is 82.9 cm³/mol.